The number of para-hydroxylation sites is 1. The zero-order valence-corrected chi connectivity index (χ0v) is 10.8. The second-order valence-corrected chi connectivity index (χ2v) is 4.66. The number of rotatable bonds is 3. The molecule has 0 aliphatic carbocycles. The minimum Gasteiger partial charge on any atom is -0.477 e. The average molecular weight is 266 g/mol. The van der Waals surface area contributed by atoms with Crippen LogP contribution in [0.5, 0.6) is 0 Å². The molecule has 2 aromatic carbocycles. The molecule has 1 heterocycles. The average Bonchev–Trinajstić information content (AvgIpc) is 2.94. The number of hydrazone groups is 1. The van der Waals surface area contributed by atoms with E-state index in [1.807, 2.05) is 60.7 Å². The lowest BCUT2D eigenvalue weighted by Gasteiger charge is -2.23. The Hall–Kier alpha value is -2.62. The van der Waals surface area contributed by atoms with E-state index in [0.717, 1.165) is 11.3 Å². The number of carbonyl (C=O) groups is 1. The van der Waals surface area contributed by atoms with Crippen molar-refractivity contribution in [2.75, 3.05) is 5.01 Å². The number of hydrogen-bond donors (Lipinski definition) is 1. The molecule has 0 fully saturated rings. The van der Waals surface area contributed by atoms with Crippen LogP contribution in [0.15, 0.2) is 65.8 Å². The molecule has 0 saturated heterocycles. The van der Waals surface area contributed by atoms with Gasteiger partial charge in [-0.25, -0.2) is 4.79 Å². The molecule has 0 radical (unpaired) electrons. The van der Waals surface area contributed by atoms with Crippen LogP contribution in [0, 0.1) is 0 Å². The summed E-state index contributed by atoms with van der Waals surface area (Å²) in [5.41, 5.74) is 2.16. The van der Waals surface area contributed by atoms with Gasteiger partial charge < -0.3 is 5.11 Å². The van der Waals surface area contributed by atoms with Crippen molar-refractivity contribution in [1.82, 2.24) is 0 Å². The van der Waals surface area contributed by atoms with Gasteiger partial charge in [0, 0.05) is 6.42 Å². The van der Waals surface area contributed by atoms with Gasteiger partial charge in [-0.3, -0.25) is 5.01 Å². The van der Waals surface area contributed by atoms with Crippen molar-refractivity contribution in [2.24, 2.45) is 5.10 Å². The van der Waals surface area contributed by atoms with E-state index in [2.05, 4.69) is 5.10 Å². The number of aliphatic carboxylic acids is 1. The lowest BCUT2D eigenvalue weighted by molar-refractivity contribution is -0.129. The number of nitrogens with zero attached hydrogens (tertiary/aromatic N) is 2. The summed E-state index contributed by atoms with van der Waals surface area (Å²) in [4.78, 5) is 11.2. The first-order valence-electron chi connectivity index (χ1n) is 6.45. The molecule has 4 heteroatoms. The highest BCUT2D eigenvalue weighted by molar-refractivity contribution is 6.36. The molecule has 0 spiro atoms. The molecule has 20 heavy (non-hydrogen) atoms. The van der Waals surface area contributed by atoms with Gasteiger partial charge in [0.05, 0.1) is 11.7 Å². The van der Waals surface area contributed by atoms with Gasteiger partial charge in [-0.15, -0.1) is 0 Å². The quantitative estimate of drug-likeness (QED) is 0.928. The van der Waals surface area contributed by atoms with Crippen LogP contribution in [-0.2, 0) is 4.79 Å². The first-order chi connectivity index (χ1) is 9.75. The van der Waals surface area contributed by atoms with Gasteiger partial charge >= 0.3 is 5.97 Å². The highest BCUT2D eigenvalue weighted by atomic mass is 16.4. The van der Waals surface area contributed by atoms with Crippen LogP contribution < -0.4 is 5.01 Å². The first kappa shape index (κ1) is 12.4. The molecule has 4 nitrogen and oxygen atoms in total. The van der Waals surface area contributed by atoms with Crippen LogP contribution >= 0.6 is 0 Å². The van der Waals surface area contributed by atoms with Crippen LogP contribution in [0.2, 0.25) is 0 Å². The Morgan fingerprint density at radius 3 is 2.25 bits per heavy atom. The zero-order chi connectivity index (χ0) is 13.9. The monoisotopic (exact) mass is 266 g/mol. The fourth-order valence-corrected chi connectivity index (χ4v) is 2.39. The Morgan fingerprint density at radius 1 is 1.05 bits per heavy atom. The molecule has 1 atom stereocenters. The molecule has 3 rings (SSSR count). The zero-order valence-electron chi connectivity index (χ0n) is 10.8. The molecule has 0 unspecified atom stereocenters. The second-order valence-electron chi connectivity index (χ2n) is 4.66. The molecule has 0 aromatic heterocycles. The number of carboxylic acid groups (broad SMARTS) is 1. The maximum Gasteiger partial charge on any atom is 0.352 e. The molecular weight excluding hydrogens is 252 g/mol. The standard InChI is InChI=1S/C16H14N2O2/c19-16(20)14-11-15(12-7-3-1-4-8-12)18(17-14)13-9-5-2-6-10-13/h1-10,15H,11H2,(H,19,20)/t15-/m1/s1. The summed E-state index contributed by atoms with van der Waals surface area (Å²) in [7, 11) is 0. The highest BCUT2D eigenvalue weighted by Crippen LogP contribution is 2.34. The third-order valence-corrected chi connectivity index (χ3v) is 3.36. The predicted molar refractivity (Wildman–Crippen MR) is 77.8 cm³/mol. The number of carboxylic acids is 1. The van der Waals surface area contributed by atoms with Gasteiger partial charge in [0.15, 0.2) is 0 Å². The molecular formula is C16H14N2O2. The van der Waals surface area contributed by atoms with E-state index in [4.69, 9.17) is 0 Å². The third-order valence-electron chi connectivity index (χ3n) is 3.36. The van der Waals surface area contributed by atoms with E-state index in [-0.39, 0.29) is 11.8 Å². The van der Waals surface area contributed by atoms with Crippen LogP contribution in [0.1, 0.15) is 18.0 Å². The second kappa shape index (κ2) is 5.17. The summed E-state index contributed by atoms with van der Waals surface area (Å²) in [5.74, 6) is -0.954. The van der Waals surface area contributed by atoms with Gasteiger partial charge in [0.1, 0.15) is 5.71 Å². The molecule has 0 amide bonds. The van der Waals surface area contributed by atoms with Crippen molar-refractivity contribution >= 4 is 17.4 Å². The fraction of sp³-hybridized carbons (Fsp3) is 0.125. The number of anilines is 1. The summed E-state index contributed by atoms with van der Waals surface area (Å²) < 4.78 is 0. The van der Waals surface area contributed by atoms with Crippen molar-refractivity contribution in [3.63, 3.8) is 0 Å². The summed E-state index contributed by atoms with van der Waals surface area (Å²) in [5, 5.41) is 15.2. The van der Waals surface area contributed by atoms with E-state index in [9.17, 15) is 9.90 Å². The topological polar surface area (TPSA) is 52.9 Å². The number of hydrogen-bond acceptors (Lipinski definition) is 3. The summed E-state index contributed by atoms with van der Waals surface area (Å²) >= 11 is 0. The Bertz CT molecular complexity index is 638. The minimum atomic E-state index is -0.954. The smallest absolute Gasteiger partial charge is 0.352 e. The van der Waals surface area contributed by atoms with Gasteiger partial charge in [-0.2, -0.15) is 5.10 Å². The molecule has 1 aliphatic rings. The molecule has 0 bridgehead atoms. The van der Waals surface area contributed by atoms with Crippen LogP contribution in [0.4, 0.5) is 5.69 Å². The van der Waals surface area contributed by atoms with Crippen LogP contribution in [0.25, 0.3) is 0 Å². The van der Waals surface area contributed by atoms with Gasteiger partial charge in [-0.1, -0.05) is 48.5 Å². The van der Waals surface area contributed by atoms with Crippen molar-refractivity contribution in [2.45, 2.75) is 12.5 Å². The maximum absolute atomic E-state index is 11.2. The lowest BCUT2D eigenvalue weighted by Crippen LogP contribution is -2.18. The van der Waals surface area contributed by atoms with Crippen molar-refractivity contribution < 1.29 is 9.90 Å². The van der Waals surface area contributed by atoms with E-state index in [1.165, 1.54) is 0 Å². The predicted octanol–water partition coefficient (Wildman–Crippen LogP) is 3.08. The summed E-state index contributed by atoms with van der Waals surface area (Å²) in [6.07, 6.45) is 0.411. The van der Waals surface area contributed by atoms with Gasteiger partial charge in [0.25, 0.3) is 0 Å². The minimum absolute atomic E-state index is 0.0651. The Morgan fingerprint density at radius 2 is 1.65 bits per heavy atom. The Kier molecular flexibility index (Phi) is 3.21. The number of benzene rings is 2. The van der Waals surface area contributed by atoms with E-state index in [0.29, 0.717) is 6.42 Å². The fourth-order valence-electron chi connectivity index (χ4n) is 2.39. The van der Waals surface area contributed by atoms with Gasteiger partial charge in [-0.05, 0) is 17.7 Å². The van der Waals surface area contributed by atoms with Gasteiger partial charge in [0.2, 0.25) is 0 Å². The largest absolute Gasteiger partial charge is 0.477 e. The Balaban J connectivity index is 2.00. The summed E-state index contributed by atoms with van der Waals surface area (Å²) in [6, 6.07) is 19.4. The highest BCUT2D eigenvalue weighted by Gasteiger charge is 2.31. The maximum atomic E-state index is 11.2. The SMILES string of the molecule is O=C(O)C1=NN(c2ccccc2)[C@@H](c2ccccc2)C1. The normalized spacial score (nSPS) is 17.9. The van der Waals surface area contributed by atoms with E-state index in [1.54, 1.807) is 5.01 Å². The third kappa shape index (κ3) is 2.28. The molecule has 0 saturated carbocycles. The molecule has 100 valence electrons. The van der Waals surface area contributed by atoms with Crippen molar-refractivity contribution in [1.29, 1.82) is 0 Å². The summed E-state index contributed by atoms with van der Waals surface area (Å²) in [6.45, 7) is 0. The van der Waals surface area contributed by atoms with Crippen LogP contribution in [-0.4, -0.2) is 16.8 Å². The van der Waals surface area contributed by atoms with Crippen LogP contribution in [0.3, 0.4) is 0 Å². The van der Waals surface area contributed by atoms with E-state index < -0.39 is 5.97 Å². The molecule has 1 N–H and O–H groups in total. The Labute approximate surface area is 117 Å². The van der Waals surface area contributed by atoms with Crippen molar-refractivity contribution in [3.8, 4) is 0 Å². The molecule has 2 aromatic rings. The van der Waals surface area contributed by atoms with E-state index >= 15 is 0 Å². The first-order valence-corrected chi connectivity index (χ1v) is 6.45. The van der Waals surface area contributed by atoms with Crippen molar-refractivity contribution in [3.05, 3.63) is 66.2 Å². The molecule has 1 aliphatic heterocycles. The lowest BCUT2D eigenvalue weighted by atomic mass is 10.0.